The van der Waals surface area contributed by atoms with Crippen LogP contribution in [-0.4, -0.2) is 74.1 Å². The van der Waals surface area contributed by atoms with E-state index >= 15 is 0 Å². The van der Waals surface area contributed by atoms with Crippen molar-refractivity contribution in [1.29, 1.82) is 0 Å². The monoisotopic (exact) mass is 557 g/mol. The first kappa shape index (κ1) is 28.5. The molecular weight excluding hydrogens is 525 g/mol. The van der Waals surface area contributed by atoms with E-state index in [2.05, 4.69) is 16.0 Å². The topological polar surface area (TPSA) is 161 Å². The second-order valence-corrected chi connectivity index (χ2v) is 9.52. The number of nitrogens with one attached hydrogen (secondary N) is 3. The number of nitrogens with two attached hydrogens (primary N) is 1. The molecule has 2 atom stereocenters. The highest BCUT2D eigenvalue weighted by atomic mass is 19.1. The van der Waals surface area contributed by atoms with Crippen molar-refractivity contribution < 1.29 is 37.8 Å². The lowest BCUT2D eigenvalue weighted by Gasteiger charge is -2.39. The molecule has 0 saturated carbocycles. The number of rotatable bonds is 3. The minimum absolute atomic E-state index is 0.0761. The molecule has 12 nitrogen and oxygen atoms in total. The predicted molar refractivity (Wildman–Crippen MR) is 140 cm³/mol. The van der Waals surface area contributed by atoms with E-state index in [0.29, 0.717) is 29.9 Å². The number of piperidine rings is 1. The van der Waals surface area contributed by atoms with Gasteiger partial charge in [0.2, 0.25) is 11.8 Å². The number of hydrogen-bond acceptors (Lipinski definition) is 7. The average Bonchev–Trinajstić information content (AvgIpc) is 2.92. The Bertz CT molecular complexity index is 1270. The summed E-state index contributed by atoms with van der Waals surface area (Å²) in [7, 11) is 1.48. The second-order valence-electron chi connectivity index (χ2n) is 9.52. The van der Waals surface area contributed by atoms with Crippen LogP contribution in [0.3, 0.4) is 0 Å². The minimum atomic E-state index is -0.828. The fourth-order valence-corrected chi connectivity index (χ4v) is 4.60. The molecule has 0 aromatic heterocycles. The van der Waals surface area contributed by atoms with Crippen LogP contribution in [0, 0.1) is 5.82 Å². The Labute approximate surface area is 230 Å². The normalized spacial score (nSPS) is 19.8. The number of nitrogens with zero attached hydrogens (tertiary/aromatic N) is 1. The van der Waals surface area contributed by atoms with E-state index in [9.17, 15) is 23.6 Å². The first-order chi connectivity index (χ1) is 19.2. The van der Waals surface area contributed by atoms with Gasteiger partial charge >= 0.3 is 6.03 Å². The number of ether oxygens (including phenoxy) is 3. The number of primary amides is 1. The number of fused-ring (bicyclic) bond motifs is 5. The Morgan fingerprint density at radius 2 is 1.98 bits per heavy atom. The van der Waals surface area contributed by atoms with Crippen molar-refractivity contribution in [3.05, 3.63) is 53.3 Å². The van der Waals surface area contributed by atoms with Crippen molar-refractivity contribution in [2.45, 2.75) is 38.0 Å². The molecule has 2 aromatic carbocycles. The average molecular weight is 558 g/mol. The maximum absolute atomic E-state index is 14.4. The summed E-state index contributed by atoms with van der Waals surface area (Å²) in [6.07, 6.45) is 0.303. The predicted octanol–water partition coefficient (Wildman–Crippen LogP) is 0.609. The molecule has 1 saturated heterocycles. The van der Waals surface area contributed by atoms with Gasteiger partial charge in [0.05, 0.1) is 19.7 Å². The van der Waals surface area contributed by atoms with E-state index in [1.807, 2.05) is 0 Å². The molecule has 2 aliphatic rings. The van der Waals surface area contributed by atoms with Gasteiger partial charge in [-0.1, -0.05) is 6.07 Å². The number of halogens is 1. The van der Waals surface area contributed by atoms with Gasteiger partial charge in [0.25, 0.3) is 5.91 Å². The third-order valence-electron chi connectivity index (χ3n) is 6.60. The van der Waals surface area contributed by atoms with Crippen LogP contribution >= 0.6 is 0 Å². The van der Waals surface area contributed by atoms with Crippen LogP contribution in [0.4, 0.5) is 9.18 Å². The molecule has 4 rings (SSSR count). The number of carbonyl (C=O) groups is 4. The van der Waals surface area contributed by atoms with Crippen LogP contribution in [0.2, 0.25) is 0 Å². The van der Waals surface area contributed by atoms with E-state index < -0.39 is 29.9 Å². The Hall–Kier alpha value is -4.55. The quantitative estimate of drug-likeness (QED) is 0.430. The molecule has 1 fully saturated rings. The van der Waals surface area contributed by atoms with Gasteiger partial charge in [-0.3, -0.25) is 14.4 Å². The summed E-state index contributed by atoms with van der Waals surface area (Å²) in [6.45, 7) is -0.198. The van der Waals surface area contributed by atoms with Crippen LogP contribution in [0.1, 0.15) is 24.0 Å². The third kappa shape index (κ3) is 7.74. The van der Waals surface area contributed by atoms with E-state index in [1.54, 1.807) is 24.3 Å². The number of aryl methyl sites for hydroxylation is 1. The highest BCUT2D eigenvalue weighted by molar-refractivity contribution is 5.83. The summed E-state index contributed by atoms with van der Waals surface area (Å²) in [6, 6.07) is 7.86. The van der Waals surface area contributed by atoms with Crippen LogP contribution in [0.25, 0.3) is 0 Å². The molecule has 5 amide bonds. The molecule has 4 bridgehead atoms. The number of amides is 5. The van der Waals surface area contributed by atoms with Gasteiger partial charge in [-0.2, -0.15) is 0 Å². The van der Waals surface area contributed by atoms with Crippen molar-refractivity contribution >= 4 is 23.8 Å². The van der Waals surface area contributed by atoms with Gasteiger partial charge in [-0.05, 0) is 41.8 Å². The SMILES string of the molecule is COc1ccc2cc1OCC(=O)N[C@@H]1CN(C(=O)CNC(N)=O)CC[C@H]1Oc1cc(F)cc(c1)CNC(=O)CC2. The van der Waals surface area contributed by atoms with Gasteiger partial charge in [-0.25, -0.2) is 9.18 Å². The summed E-state index contributed by atoms with van der Waals surface area (Å²) in [5.41, 5.74) is 6.39. The molecule has 0 unspecified atom stereocenters. The van der Waals surface area contributed by atoms with Crippen LogP contribution < -0.4 is 35.9 Å². The largest absolute Gasteiger partial charge is 0.493 e. The second kappa shape index (κ2) is 13.0. The lowest BCUT2D eigenvalue weighted by atomic mass is 10.0. The highest BCUT2D eigenvalue weighted by Crippen LogP contribution is 2.29. The van der Waals surface area contributed by atoms with Crippen molar-refractivity contribution in [3.63, 3.8) is 0 Å². The van der Waals surface area contributed by atoms with Crippen LogP contribution in [-0.2, 0) is 27.3 Å². The molecule has 0 aliphatic carbocycles. The van der Waals surface area contributed by atoms with Crippen molar-refractivity contribution in [2.75, 3.05) is 33.4 Å². The lowest BCUT2D eigenvalue weighted by molar-refractivity contribution is -0.134. The standard InChI is InChI=1S/C27H32FN5O7/c1-38-22-4-2-16-3-5-24(34)30-12-17-8-18(28)11-19(9-17)40-21-6-7-33(26(36)13-31-27(29)37)14-20(21)32-25(35)15-39-23(22)10-16/h2,4,8-11,20-21H,3,5-7,12-15H2,1H3,(H,30,34)(H,32,35)(H3,29,31,37)/t20-,21-/m1/s1. The zero-order valence-corrected chi connectivity index (χ0v) is 22.0. The summed E-state index contributed by atoms with van der Waals surface area (Å²) >= 11 is 0. The van der Waals surface area contributed by atoms with Crippen molar-refractivity contribution in [3.8, 4) is 17.2 Å². The summed E-state index contributed by atoms with van der Waals surface area (Å²) in [5, 5.41) is 7.92. The van der Waals surface area contributed by atoms with Gasteiger partial charge in [0.1, 0.15) is 17.7 Å². The summed E-state index contributed by atoms with van der Waals surface area (Å²) in [5.74, 6) is -0.625. The number of urea groups is 1. The third-order valence-corrected chi connectivity index (χ3v) is 6.60. The fourth-order valence-electron chi connectivity index (χ4n) is 4.60. The van der Waals surface area contributed by atoms with E-state index in [4.69, 9.17) is 19.9 Å². The maximum Gasteiger partial charge on any atom is 0.312 e. The Morgan fingerprint density at radius 3 is 2.75 bits per heavy atom. The Kier molecular flexibility index (Phi) is 9.25. The summed E-state index contributed by atoms with van der Waals surface area (Å²) < 4.78 is 31.6. The first-order valence-corrected chi connectivity index (χ1v) is 12.8. The number of likely N-dealkylation sites (tertiary alicyclic amines) is 1. The van der Waals surface area contributed by atoms with Crippen LogP contribution in [0.5, 0.6) is 17.2 Å². The Balaban J connectivity index is 1.59. The first-order valence-electron chi connectivity index (χ1n) is 12.8. The molecule has 2 heterocycles. The molecule has 0 radical (unpaired) electrons. The zero-order chi connectivity index (χ0) is 28.6. The van der Waals surface area contributed by atoms with Gasteiger partial charge in [0, 0.05) is 38.5 Å². The van der Waals surface area contributed by atoms with E-state index in [0.717, 1.165) is 5.56 Å². The molecular formula is C27H32FN5O7. The highest BCUT2D eigenvalue weighted by Gasteiger charge is 2.34. The molecule has 214 valence electrons. The number of carbonyl (C=O) groups excluding carboxylic acids is 4. The zero-order valence-electron chi connectivity index (χ0n) is 22.0. The smallest absolute Gasteiger partial charge is 0.312 e. The maximum atomic E-state index is 14.4. The van der Waals surface area contributed by atoms with Gasteiger partial charge in [0.15, 0.2) is 18.1 Å². The molecule has 5 N–H and O–H groups in total. The van der Waals surface area contributed by atoms with Crippen molar-refractivity contribution in [2.24, 2.45) is 5.73 Å². The molecule has 2 aliphatic heterocycles. The number of methoxy groups -OCH3 is 1. The fraction of sp³-hybridized carbons (Fsp3) is 0.407. The van der Waals surface area contributed by atoms with Crippen LogP contribution in [0.15, 0.2) is 36.4 Å². The molecule has 2 aromatic rings. The molecule has 13 heteroatoms. The summed E-state index contributed by atoms with van der Waals surface area (Å²) in [4.78, 5) is 50.6. The Morgan fingerprint density at radius 1 is 1.15 bits per heavy atom. The van der Waals surface area contributed by atoms with Gasteiger partial charge < -0.3 is 40.8 Å². The van der Waals surface area contributed by atoms with E-state index in [1.165, 1.54) is 24.1 Å². The molecule has 40 heavy (non-hydrogen) atoms. The number of hydrogen-bond donors (Lipinski definition) is 4. The van der Waals surface area contributed by atoms with E-state index in [-0.39, 0.29) is 56.8 Å². The van der Waals surface area contributed by atoms with Gasteiger partial charge in [-0.15, -0.1) is 0 Å². The lowest BCUT2D eigenvalue weighted by Crippen LogP contribution is -2.59. The number of benzene rings is 2. The molecule has 0 spiro atoms. The van der Waals surface area contributed by atoms with Crippen molar-refractivity contribution in [1.82, 2.24) is 20.9 Å². The minimum Gasteiger partial charge on any atom is -0.493 e.